The molecule has 0 aromatic heterocycles. The third kappa shape index (κ3) is 8.78. The van der Waals surface area contributed by atoms with Gasteiger partial charge in [0.25, 0.3) is 0 Å². The molecule has 1 aromatic carbocycles. The Bertz CT molecular complexity index is 956. The van der Waals surface area contributed by atoms with Gasteiger partial charge in [-0.1, -0.05) is 38.5 Å². The number of amides is 3. The summed E-state index contributed by atoms with van der Waals surface area (Å²) in [7, 11) is 0. The summed E-state index contributed by atoms with van der Waals surface area (Å²) in [6.07, 6.45) is -0.233. The Hall–Kier alpha value is -3.28. The second-order valence-corrected chi connectivity index (χ2v) is 10.8. The van der Waals surface area contributed by atoms with Crippen molar-refractivity contribution in [3.05, 3.63) is 29.3 Å². The Morgan fingerprint density at radius 1 is 1.17 bits per heavy atom. The maximum absolute atomic E-state index is 13.9. The molecule has 0 fully saturated rings. The van der Waals surface area contributed by atoms with Crippen molar-refractivity contribution in [1.82, 2.24) is 15.5 Å². The molecule has 3 N–H and O–H groups in total. The zero-order valence-corrected chi connectivity index (χ0v) is 22.4. The number of hydrogen-bond donors (Lipinski definition) is 3. The predicted molar refractivity (Wildman–Crippen MR) is 133 cm³/mol. The van der Waals surface area contributed by atoms with E-state index in [1.807, 2.05) is 13.0 Å². The Balaban J connectivity index is 3.60. The Morgan fingerprint density at radius 2 is 1.77 bits per heavy atom. The molecule has 9 heteroatoms. The summed E-state index contributed by atoms with van der Waals surface area (Å²) < 4.78 is 5.34. The van der Waals surface area contributed by atoms with E-state index in [1.165, 1.54) is 0 Å². The summed E-state index contributed by atoms with van der Waals surface area (Å²) in [6.45, 7) is 15.4. The summed E-state index contributed by atoms with van der Waals surface area (Å²) in [5.41, 5.74) is -0.704. The quantitative estimate of drug-likeness (QED) is 0.475. The molecule has 3 amide bonds. The largest absolute Gasteiger partial charge is 0.507 e. The first kappa shape index (κ1) is 29.8. The number of carbonyl (C=O) groups is 3. The molecule has 0 aliphatic rings. The molecule has 0 aliphatic heterocycles. The van der Waals surface area contributed by atoms with Gasteiger partial charge in [-0.3, -0.25) is 9.59 Å². The highest BCUT2D eigenvalue weighted by Crippen LogP contribution is 2.33. The van der Waals surface area contributed by atoms with E-state index in [1.54, 1.807) is 73.6 Å². The fourth-order valence-electron chi connectivity index (χ4n) is 3.46. The van der Waals surface area contributed by atoms with E-state index in [4.69, 9.17) is 4.74 Å². The molecule has 1 rings (SSSR count). The number of nitriles is 1. The van der Waals surface area contributed by atoms with Gasteiger partial charge in [-0.2, -0.15) is 5.26 Å². The second-order valence-electron chi connectivity index (χ2n) is 10.8. The number of alkyl carbamates (subject to hydrolysis) is 1. The lowest BCUT2D eigenvalue weighted by atomic mass is 9.94. The first-order chi connectivity index (χ1) is 16.0. The molecule has 0 aliphatic carbocycles. The SMILES string of the molecule is CCC(C)C(NC(=O)OC(C)(C)C)C(=O)N(CC#N)C(C(=O)NC(C)(C)C)c1cccc(C)c1O. The van der Waals surface area contributed by atoms with Gasteiger partial charge < -0.3 is 25.4 Å². The van der Waals surface area contributed by atoms with Gasteiger partial charge in [-0.25, -0.2) is 4.79 Å². The summed E-state index contributed by atoms with van der Waals surface area (Å²) in [5, 5.41) is 25.8. The topological polar surface area (TPSA) is 132 Å². The maximum atomic E-state index is 13.9. The number of hydrogen-bond acceptors (Lipinski definition) is 6. The number of nitrogens with zero attached hydrogens (tertiary/aromatic N) is 2. The number of ether oxygens (including phenoxy) is 1. The standard InChI is InChI=1S/C26H40N4O5/c1-10-16(2)19(28-24(34)35-26(7,8)9)23(33)30(15-14-27)20(22(32)29-25(4,5)6)18-13-11-12-17(3)21(18)31/h11-13,16,19-20,31H,10,15H2,1-9H3,(H,28,34)(H,29,32). The highest BCUT2D eigenvalue weighted by Gasteiger charge is 2.40. The number of aromatic hydroxyl groups is 1. The molecule has 0 radical (unpaired) electrons. The van der Waals surface area contributed by atoms with Gasteiger partial charge in [0.05, 0.1) is 6.07 Å². The number of aryl methyl sites for hydroxylation is 1. The Kier molecular flexibility index (Phi) is 10.1. The molecule has 0 spiro atoms. The Morgan fingerprint density at radius 3 is 2.26 bits per heavy atom. The molecule has 0 saturated carbocycles. The van der Waals surface area contributed by atoms with Gasteiger partial charge in [0, 0.05) is 11.1 Å². The fourth-order valence-corrected chi connectivity index (χ4v) is 3.46. The van der Waals surface area contributed by atoms with Gasteiger partial charge in [0.1, 0.15) is 30.0 Å². The van der Waals surface area contributed by atoms with Crippen molar-refractivity contribution in [2.75, 3.05) is 6.54 Å². The van der Waals surface area contributed by atoms with Gasteiger partial charge in [-0.05, 0) is 59.9 Å². The number of carbonyl (C=O) groups excluding carboxylic acids is 3. The number of phenolic OH excluding ortho intramolecular Hbond substituents is 1. The zero-order valence-electron chi connectivity index (χ0n) is 22.4. The van der Waals surface area contributed by atoms with E-state index >= 15 is 0 Å². The van der Waals surface area contributed by atoms with Crippen molar-refractivity contribution >= 4 is 17.9 Å². The first-order valence-electron chi connectivity index (χ1n) is 11.8. The minimum absolute atomic E-state index is 0.141. The van der Waals surface area contributed by atoms with Gasteiger partial charge in [-0.15, -0.1) is 0 Å². The molecule has 0 bridgehead atoms. The Labute approximate surface area is 208 Å². The van der Waals surface area contributed by atoms with Crippen LogP contribution in [-0.4, -0.2) is 51.6 Å². The van der Waals surface area contributed by atoms with Crippen LogP contribution in [0.1, 0.15) is 79.0 Å². The molecule has 35 heavy (non-hydrogen) atoms. The van der Waals surface area contributed by atoms with Crippen LogP contribution in [0.2, 0.25) is 0 Å². The molecular formula is C26H40N4O5. The molecule has 3 atom stereocenters. The molecule has 0 heterocycles. The van der Waals surface area contributed by atoms with Crippen LogP contribution in [0.15, 0.2) is 18.2 Å². The number of rotatable bonds is 8. The molecule has 9 nitrogen and oxygen atoms in total. The number of para-hydroxylation sites is 1. The van der Waals surface area contributed by atoms with Crippen molar-refractivity contribution < 1.29 is 24.2 Å². The lowest BCUT2D eigenvalue weighted by molar-refractivity contribution is -0.143. The average Bonchev–Trinajstić information content (AvgIpc) is 2.71. The maximum Gasteiger partial charge on any atom is 0.408 e. The zero-order chi connectivity index (χ0) is 27.1. The lowest BCUT2D eigenvalue weighted by Crippen LogP contribution is -2.56. The second kappa shape index (κ2) is 11.9. The number of benzene rings is 1. The van der Waals surface area contributed by atoms with Crippen LogP contribution >= 0.6 is 0 Å². The van der Waals surface area contributed by atoms with Crippen LogP contribution in [0, 0.1) is 24.2 Å². The van der Waals surface area contributed by atoms with Crippen LogP contribution in [0.5, 0.6) is 5.75 Å². The predicted octanol–water partition coefficient (Wildman–Crippen LogP) is 3.95. The van der Waals surface area contributed by atoms with Crippen molar-refractivity contribution in [2.24, 2.45) is 5.92 Å². The summed E-state index contributed by atoms with van der Waals surface area (Å²) >= 11 is 0. The molecule has 1 aromatic rings. The van der Waals surface area contributed by atoms with Crippen molar-refractivity contribution in [1.29, 1.82) is 5.26 Å². The summed E-state index contributed by atoms with van der Waals surface area (Å²) in [5.74, 6) is -1.64. The number of nitrogens with one attached hydrogen (secondary N) is 2. The van der Waals surface area contributed by atoms with Crippen molar-refractivity contribution in [2.45, 2.75) is 92.0 Å². The fraction of sp³-hybridized carbons (Fsp3) is 0.615. The van der Waals surface area contributed by atoms with E-state index in [0.717, 1.165) is 4.90 Å². The molecular weight excluding hydrogens is 448 g/mol. The van der Waals surface area contributed by atoms with E-state index < -0.39 is 47.7 Å². The van der Waals surface area contributed by atoms with E-state index in [2.05, 4.69) is 10.6 Å². The van der Waals surface area contributed by atoms with Crippen molar-refractivity contribution in [3.8, 4) is 11.8 Å². The molecule has 194 valence electrons. The normalized spacial score (nSPS) is 14.2. The van der Waals surface area contributed by atoms with Crippen molar-refractivity contribution in [3.63, 3.8) is 0 Å². The minimum Gasteiger partial charge on any atom is -0.507 e. The van der Waals surface area contributed by atoms with E-state index in [0.29, 0.717) is 12.0 Å². The highest BCUT2D eigenvalue weighted by atomic mass is 16.6. The van der Waals surface area contributed by atoms with Crippen LogP contribution in [0.3, 0.4) is 0 Å². The van der Waals surface area contributed by atoms with Crippen LogP contribution in [0.4, 0.5) is 4.79 Å². The average molecular weight is 489 g/mol. The van der Waals surface area contributed by atoms with Gasteiger partial charge >= 0.3 is 6.09 Å². The van der Waals surface area contributed by atoms with Crippen LogP contribution in [0.25, 0.3) is 0 Å². The monoisotopic (exact) mass is 488 g/mol. The minimum atomic E-state index is -1.30. The van der Waals surface area contributed by atoms with E-state index in [-0.39, 0.29) is 17.2 Å². The molecule has 0 saturated heterocycles. The summed E-state index contributed by atoms with van der Waals surface area (Å²) in [6, 6.07) is 4.50. The smallest absolute Gasteiger partial charge is 0.408 e. The molecule has 3 unspecified atom stereocenters. The number of phenols is 1. The van der Waals surface area contributed by atoms with E-state index in [9.17, 15) is 24.8 Å². The van der Waals surface area contributed by atoms with Gasteiger partial charge in [0.15, 0.2) is 0 Å². The third-order valence-corrected chi connectivity index (χ3v) is 5.30. The van der Waals surface area contributed by atoms with Crippen LogP contribution < -0.4 is 10.6 Å². The summed E-state index contributed by atoms with van der Waals surface area (Å²) in [4.78, 5) is 41.0. The first-order valence-corrected chi connectivity index (χ1v) is 11.8. The lowest BCUT2D eigenvalue weighted by Gasteiger charge is -2.36. The highest BCUT2D eigenvalue weighted by molar-refractivity contribution is 5.93. The van der Waals surface area contributed by atoms with Crippen LogP contribution in [-0.2, 0) is 14.3 Å². The van der Waals surface area contributed by atoms with Gasteiger partial charge in [0.2, 0.25) is 11.8 Å². The third-order valence-electron chi connectivity index (χ3n) is 5.30.